The summed E-state index contributed by atoms with van der Waals surface area (Å²) >= 11 is 6.70. The zero-order valence-corrected chi connectivity index (χ0v) is 22.1. The van der Waals surface area contributed by atoms with Gasteiger partial charge in [-0.05, 0) is 42.3 Å². The minimum absolute atomic E-state index is 0.109. The number of rotatable bonds is 7. The predicted octanol–water partition coefficient (Wildman–Crippen LogP) is 5.37. The Morgan fingerprint density at radius 2 is 1.72 bits per heavy atom. The Labute approximate surface area is 229 Å². The third kappa shape index (κ3) is 4.53. The summed E-state index contributed by atoms with van der Waals surface area (Å²) in [6, 6.07) is 16.9. The molecule has 0 spiro atoms. The maximum absolute atomic E-state index is 13.6. The van der Waals surface area contributed by atoms with Gasteiger partial charge in [0.2, 0.25) is 0 Å². The normalized spacial score (nSPS) is 15.9. The van der Waals surface area contributed by atoms with Crippen LogP contribution >= 0.6 is 11.6 Å². The number of hydrogen-bond acceptors (Lipinski definition) is 7. The number of ether oxygens (including phenoxy) is 3. The molecule has 0 saturated carbocycles. The fraction of sp³-hybridized carbons (Fsp3) is 0.167. The Bertz CT molecular complexity index is 1590. The molecule has 3 aromatic carbocycles. The number of hydrogen-bond donors (Lipinski definition) is 2. The van der Waals surface area contributed by atoms with Gasteiger partial charge in [0.05, 0.1) is 36.1 Å². The second-order valence-corrected chi connectivity index (χ2v) is 9.48. The highest BCUT2D eigenvalue weighted by Gasteiger charge is 2.43. The molecule has 9 heteroatoms. The number of methoxy groups -OCH3 is 2. The Morgan fingerprint density at radius 3 is 2.36 bits per heavy atom. The molecule has 0 radical (unpaired) electrons. The monoisotopic (exact) mass is 545 g/mol. The molecule has 1 heterocycles. The molecule has 0 aromatic heterocycles. The first-order valence-corrected chi connectivity index (χ1v) is 12.4. The summed E-state index contributed by atoms with van der Waals surface area (Å²) in [6.07, 6.45) is 0. The molecule has 0 amide bonds. The molecule has 5 rings (SSSR count). The van der Waals surface area contributed by atoms with Gasteiger partial charge in [-0.3, -0.25) is 4.79 Å². The number of ketones is 1. The number of carbonyl (C=O) groups excluding carboxylic acids is 2. The number of carboxylic acids is 1. The van der Waals surface area contributed by atoms with Gasteiger partial charge < -0.3 is 24.6 Å². The first-order valence-electron chi connectivity index (χ1n) is 12.0. The SMILES string of the molecule is COC(=O)C1=C(C)NC2=C(C(=O)c3ccccc32)[C@H]1c1cc(Cl)c(OCc2ccc(C(=O)O)cc2)c(OC)c1. The molecule has 198 valence electrons. The van der Waals surface area contributed by atoms with E-state index in [0.717, 1.165) is 11.1 Å². The first-order chi connectivity index (χ1) is 18.7. The lowest BCUT2D eigenvalue weighted by Gasteiger charge is -2.29. The maximum atomic E-state index is 13.6. The van der Waals surface area contributed by atoms with Crippen LogP contribution in [0.25, 0.3) is 5.70 Å². The summed E-state index contributed by atoms with van der Waals surface area (Å²) in [6.45, 7) is 1.87. The van der Waals surface area contributed by atoms with Gasteiger partial charge in [-0.2, -0.15) is 0 Å². The van der Waals surface area contributed by atoms with Gasteiger partial charge in [-0.1, -0.05) is 48.0 Å². The smallest absolute Gasteiger partial charge is 0.336 e. The topological polar surface area (TPSA) is 111 Å². The van der Waals surface area contributed by atoms with E-state index in [-0.39, 0.29) is 28.7 Å². The van der Waals surface area contributed by atoms with E-state index < -0.39 is 17.9 Å². The second-order valence-electron chi connectivity index (χ2n) is 9.08. The highest BCUT2D eigenvalue weighted by atomic mass is 35.5. The number of aromatic carboxylic acids is 1. The average molecular weight is 546 g/mol. The Morgan fingerprint density at radius 1 is 1.03 bits per heavy atom. The summed E-state index contributed by atoms with van der Waals surface area (Å²) in [5.41, 5.74) is 4.70. The molecule has 0 fully saturated rings. The van der Waals surface area contributed by atoms with Crippen LogP contribution in [-0.2, 0) is 16.1 Å². The maximum Gasteiger partial charge on any atom is 0.336 e. The molecule has 0 bridgehead atoms. The number of benzene rings is 3. The number of carboxylic acid groups (broad SMARTS) is 1. The minimum Gasteiger partial charge on any atom is -0.493 e. The van der Waals surface area contributed by atoms with E-state index in [4.69, 9.17) is 30.9 Å². The highest BCUT2D eigenvalue weighted by Crippen LogP contribution is 2.49. The van der Waals surface area contributed by atoms with Gasteiger partial charge in [0, 0.05) is 28.3 Å². The van der Waals surface area contributed by atoms with E-state index >= 15 is 0 Å². The minimum atomic E-state index is -1.02. The van der Waals surface area contributed by atoms with Crippen molar-refractivity contribution in [3.63, 3.8) is 0 Å². The fourth-order valence-electron chi connectivity index (χ4n) is 4.99. The van der Waals surface area contributed by atoms with Gasteiger partial charge in [-0.15, -0.1) is 0 Å². The Hall–Kier alpha value is -4.56. The lowest BCUT2D eigenvalue weighted by molar-refractivity contribution is -0.136. The zero-order chi connectivity index (χ0) is 27.8. The Balaban J connectivity index is 1.56. The number of dihydropyridines is 1. The van der Waals surface area contributed by atoms with Crippen LogP contribution in [0.3, 0.4) is 0 Å². The third-order valence-corrected chi connectivity index (χ3v) is 7.10. The van der Waals surface area contributed by atoms with E-state index in [1.54, 1.807) is 43.3 Å². The van der Waals surface area contributed by atoms with Crippen molar-refractivity contribution in [1.29, 1.82) is 0 Å². The average Bonchev–Trinajstić information content (AvgIpc) is 3.22. The molecule has 8 nitrogen and oxygen atoms in total. The molecule has 2 N–H and O–H groups in total. The number of carbonyl (C=O) groups is 3. The molecule has 39 heavy (non-hydrogen) atoms. The standard InChI is InChI=1S/C30H24ClNO7/c1-15-23(30(36)38-3)24(25-26(32-15)19-6-4-5-7-20(19)27(25)33)18-12-21(31)28(22(13-18)37-2)39-14-16-8-10-17(11-9-16)29(34)35/h4-13,24,32H,14H2,1-3H3,(H,34,35)/t24-/m0/s1. The number of allylic oxidation sites excluding steroid dienone is 2. The number of esters is 1. The molecule has 2 aliphatic rings. The predicted molar refractivity (Wildman–Crippen MR) is 144 cm³/mol. The number of fused-ring (bicyclic) bond motifs is 2. The molecule has 0 saturated heterocycles. The largest absolute Gasteiger partial charge is 0.493 e. The molecule has 1 aliphatic carbocycles. The number of nitrogens with one attached hydrogen (secondary N) is 1. The van der Waals surface area contributed by atoms with E-state index in [1.807, 2.05) is 12.1 Å². The molecule has 3 aromatic rings. The third-order valence-electron chi connectivity index (χ3n) is 6.82. The van der Waals surface area contributed by atoms with Crippen LogP contribution in [-0.4, -0.2) is 37.0 Å². The van der Waals surface area contributed by atoms with Crippen molar-refractivity contribution >= 4 is 35.0 Å². The van der Waals surface area contributed by atoms with Crippen molar-refractivity contribution in [3.05, 3.63) is 110 Å². The highest BCUT2D eigenvalue weighted by molar-refractivity contribution is 6.32. The summed E-state index contributed by atoms with van der Waals surface area (Å²) in [5.74, 6) is -1.95. The van der Waals surface area contributed by atoms with Crippen molar-refractivity contribution in [1.82, 2.24) is 5.32 Å². The van der Waals surface area contributed by atoms with Crippen LogP contribution in [0.2, 0.25) is 5.02 Å². The lowest BCUT2D eigenvalue weighted by Crippen LogP contribution is -2.29. The van der Waals surface area contributed by atoms with Crippen molar-refractivity contribution in [2.75, 3.05) is 14.2 Å². The summed E-state index contributed by atoms with van der Waals surface area (Å²) < 4.78 is 16.7. The van der Waals surface area contributed by atoms with Crippen molar-refractivity contribution in [2.45, 2.75) is 19.4 Å². The van der Waals surface area contributed by atoms with Gasteiger partial charge in [-0.25, -0.2) is 9.59 Å². The van der Waals surface area contributed by atoms with Crippen molar-refractivity contribution in [3.8, 4) is 11.5 Å². The second kappa shape index (κ2) is 10.3. The molecule has 0 unspecified atom stereocenters. The number of Topliss-reactive ketones (excluding diaryl/α,β-unsaturated/α-hetero) is 1. The van der Waals surface area contributed by atoms with Crippen LogP contribution in [0.1, 0.15) is 50.2 Å². The van der Waals surface area contributed by atoms with Gasteiger partial charge in [0.15, 0.2) is 17.3 Å². The lowest BCUT2D eigenvalue weighted by atomic mass is 9.79. The van der Waals surface area contributed by atoms with Crippen molar-refractivity contribution in [2.24, 2.45) is 0 Å². The van der Waals surface area contributed by atoms with Gasteiger partial charge in [0.1, 0.15) is 6.61 Å². The van der Waals surface area contributed by atoms with Crippen LogP contribution in [0.4, 0.5) is 0 Å². The van der Waals surface area contributed by atoms with Crippen molar-refractivity contribution < 1.29 is 33.7 Å². The van der Waals surface area contributed by atoms with Gasteiger partial charge in [0.25, 0.3) is 0 Å². The molecular weight excluding hydrogens is 522 g/mol. The van der Waals surface area contributed by atoms with Gasteiger partial charge >= 0.3 is 11.9 Å². The van der Waals surface area contributed by atoms with E-state index in [9.17, 15) is 14.4 Å². The molecule has 1 aliphatic heterocycles. The van der Waals surface area contributed by atoms with E-state index in [2.05, 4.69) is 5.32 Å². The van der Waals surface area contributed by atoms with E-state index in [0.29, 0.717) is 39.4 Å². The summed E-state index contributed by atoms with van der Waals surface area (Å²) in [5, 5.41) is 12.6. The van der Waals surface area contributed by atoms with Crippen LogP contribution in [0, 0.1) is 0 Å². The van der Waals surface area contributed by atoms with Crippen LogP contribution in [0.5, 0.6) is 11.5 Å². The quantitative estimate of drug-likeness (QED) is 0.381. The zero-order valence-electron chi connectivity index (χ0n) is 21.3. The fourth-order valence-corrected chi connectivity index (χ4v) is 5.26. The number of halogens is 1. The van der Waals surface area contributed by atoms with Crippen LogP contribution in [0.15, 0.2) is 77.5 Å². The Kier molecular flexibility index (Phi) is 6.89. The molecular formula is C30H24ClNO7. The van der Waals surface area contributed by atoms with Crippen LogP contribution < -0.4 is 14.8 Å². The first kappa shape index (κ1) is 26.1. The summed E-state index contributed by atoms with van der Waals surface area (Å²) in [7, 11) is 2.76. The summed E-state index contributed by atoms with van der Waals surface area (Å²) in [4.78, 5) is 37.7. The molecule has 1 atom stereocenters. The van der Waals surface area contributed by atoms with E-state index in [1.165, 1.54) is 26.4 Å².